The van der Waals surface area contributed by atoms with Crippen molar-refractivity contribution in [3.05, 3.63) is 36.0 Å². The predicted molar refractivity (Wildman–Crippen MR) is 71.7 cm³/mol. The summed E-state index contributed by atoms with van der Waals surface area (Å²) in [6, 6.07) is 8.11. The van der Waals surface area contributed by atoms with Gasteiger partial charge in [0.15, 0.2) is 0 Å². The number of para-hydroxylation sites is 1. The molecule has 0 spiro atoms. The lowest BCUT2D eigenvalue weighted by Gasteiger charge is -2.20. The summed E-state index contributed by atoms with van der Waals surface area (Å²) < 4.78 is 0. The third kappa shape index (κ3) is 2.54. The van der Waals surface area contributed by atoms with Gasteiger partial charge in [-0.15, -0.1) is 0 Å². The molecule has 0 unspecified atom stereocenters. The van der Waals surface area contributed by atoms with Crippen molar-refractivity contribution in [1.29, 1.82) is 0 Å². The van der Waals surface area contributed by atoms with Gasteiger partial charge >= 0.3 is 5.97 Å². The summed E-state index contributed by atoms with van der Waals surface area (Å²) in [4.78, 5) is 14.2. The Balaban J connectivity index is 2.01. The Labute approximate surface area is 106 Å². The van der Waals surface area contributed by atoms with Crippen LogP contribution in [-0.4, -0.2) is 28.1 Å². The Morgan fingerprint density at radius 2 is 2.11 bits per heavy atom. The van der Waals surface area contributed by atoms with E-state index < -0.39 is 11.5 Å². The quantitative estimate of drug-likeness (QED) is 0.757. The number of H-pyrrole nitrogens is 1. The van der Waals surface area contributed by atoms with Crippen LogP contribution in [-0.2, 0) is 11.2 Å². The zero-order chi connectivity index (χ0) is 13.2. The number of aliphatic carboxylic acids is 1. The van der Waals surface area contributed by atoms with Crippen molar-refractivity contribution in [1.82, 2.24) is 10.3 Å². The number of carboxylic acid groups (broad SMARTS) is 1. The Kier molecular flexibility index (Phi) is 3.39. The standard InChI is InChI=1S/C14H18N2O2/c1-14(2,13(17)18)16-8-7-10-9-15-12-6-4-3-5-11(10)12/h3-6,9,15-16H,7-8H2,1-2H3,(H,17,18). The molecule has 96 valence electrons. The topological polar surface area (TPSA) is 65.1 Å². The van der Waals surface area contributed by atoms with E-state index in [9.17, 15) is 4.79 Å². The Hall–Kier alpha value is -1.81. The van der Waals surface area contributed by atoms with Gasteiger partial charge in [-0.2, -0.15) is 0 Å². The Morgan fingerprint density at radius 3 is 2.83 bits per heavy atom. The van der Waals surface area contributed by atoms with Crippen LogP contribution in [0, 0.1) is 0 Å². The van der Waals surface area contributed by atoms with Gasteiger partial charge in [0.2, 0.25) is 0 Å². The van der Waals surface area contributed by atoms with E-state index in [0.29, 0.717) is 6.54 Å². The van der Waals surface area contributed by atoms with E-state index in [0.717, 1.165) is 11.9 Å². The molecular formula is C14H18N2O2. The van der Waals surface area contributed by atoms with E-state index in [-0.39, 0.29) is 0 Å². The van der Waals surface area contributed by atoms with Crippen molar-refractivity contribution in [3.63, 3.8) is 0 Å². The molecular weight excluding hydrogens is 228 g/mol. The lowest BCUT2D eigenvalue weighted by Crippen LogP contribution is -2.47. The number of hydrogen-bond acceptors (Lipinski definition) is 2. The van der Waals surface area contributed by atoms with E-state index >= 15 is 0 Å². The SMILES string of the molecule is CC(C)(NCCc1c[nH]c2ccccc12)C(=O)O. The number of carbonyl (C=O) groups is 1. The molecule has 0 fully saturated rings. The summed E-state index contributed by atoms with van der Waals surface area (Å²) in [5.41, 5.74) is 1.44. The Morgan fingerprint density at radius 1 is 1.39 bits per heavy atom. The monoisotopic (exact) mass is 246 g/mol. The highest BCUT2D eigenvalue weighted by molar-refractivity contribution is 5.83. The lowest BCUT2D eigenvalue weighted by atomic mass is 10.1. The number of fused-ring (bicyclic) bond motifs is 1. The number of carboxylic acids is 1. The van der Waals surface area contributed by atoms with Crippen molar-refractivity contribution in [2.24, 2.45) is 0 Å². The minimum absolute atomic E-state index is 0.640. The molecule has 0 atom stereocenters. The zero-order valence-corrected chi connectivity index (χ0v) is 10.7. The number of benzene rings is 1. The molecule has 18 heavy (non-hydrogen) atoms. The highest BCUT2D eigenvalue weighted by Crippen LogP contribution is 2.17. The molecule has 0 aliphatic heterocycles. The number of rotatable bonds is 5. The second-order valence-electron chi connectivity index (χ2n) is 4.97. The fraction of sp³-hybridized carbons (Fsp3) is 0.357. The summed E-state index contributed by atoms with van der Waals surface area (Å²) in [5.74, 6) is -0.832. The highest BCUT2D eigenvalue weighted by Gasteiger charge is 2.25. The summed E-state index contributed by atoms with van der Waals surface area (Å²) >= 11 is 0. The van der Waals surface area contributed by atoms with Gasteiger partial charge in [-0.25, -0.2) is 0 Å². The predicted octanol–water partition coefficient (Wildman–Crippen LogP) is 2.16. The van der Waals surface area contributed by atoms with Gasteiger partial charge in [-0.3, -0.25) is 4.79 Å². The van der Waals surface area contributed by atoms with Crippen LogP contribution < -0.4 is 5.32 Å². The summed E-state index contributed by atoms with van der Waals surface area (Å²) in [5, 5.41) is 13.3. The molecule has 2 rings (SSSR count). The fourth-order valence-corrected chi connectivity index (χ4v) is 1.92. The van der Waals surface area contributed by atoms with E-state index in [4.69, 9.17) is 5.11 Å². The number of nitrogens with one attached hydrogen (secondary N) is 2. The van der Waals surface area contributed by atoms with E-state index in [1.165, 1.54) is 10.9 Å². The van der Waals surface area contributed by atoms with Gasteiger partial charge in [-0.05, 0) is 31.9 Å². The molecule has 1 heterocycles. The van der Waals surface area contributed by atoms with Gasteiger partial charge < -0.3 is 15.4 Å². The molecule has 4 heteroatoms. The van der Waals surface area contributed by atoms with E-state index in [2.05, 4.69) is 16.4 Å². The Bertz CT molecular complexity index is 558. The average Bonchev–Trinajstić information content (AvgIpc) is 2.72. The molecule has 0 aliphatic rings. The lowest BCUT2D eigenvalue weighted by molar-refractivity contribution is -0.143. The maximum Gasteiger partial charge on any atom is 0.323 e. The zero-order valence-electron chi connectivity index (χ0n) is 10.7. The molecule has 0 amide bonds. The third-order valence-electron chi connectivity index (χ3n) is 3.17. The van der Waals surface area contributed by atoms with E-state index in [1.54, 1.807) is 13.8 Å². The van der Waals surface area contributed by atoms with Gasteiger partial charge in [-0.1, -0.05) is 18.2 Å². The van der Waals surface area contributed by atoms with Crippen LogP contribution in [0.15, 0.2) is 30.5 Å². The van der Waals surface area contributed by atoms with Crippen molar-refractivity contribution < 1.29 is 9.90 Å². The summed E-state index contributed by atoms with van der Waals surface area (Å²) in [6.07, 6.45) is 2.79. The largest absolute Gasteiger partial charge is 0.480 e. The van der Waals surface area contributed by atoms with Crippen LogP contribution in [0.2, 0.25) is 0 Å². The second-order valence-corrected chi connectivity index (χ2v) is 4.97. The van der Waals surface area contributed by atoms with Crippen molar-refractivity contribution in [2.75, 3.05) is 6.54 Å². The molecule has 1 aromatic carbocycles. The molecule has 0 aliphatic carbocycles. The normalized spacial score (nSPS) is 11.9. The molecule has 0 saturated carbocycles. The first-order valence-electron chi connectivity index (χ1n) is 6.04. The average molecular weight is 246 g/mol. The van der Waals surface area contributed by atoms with Crippen LogP contribution in [0.25, 0.3) is 10.9 Å². The van der Waals surface area contributed by atoms with Crippen molar-refractivity contribution in [2.45, 2.75) is 25.8 Å². The van der Waals surface area contributed by atoms with Crippen LogP contribution >= 0.6 is 0 Å². The second kappa shape index (κ2) is 4.82. The minimum Gasteiger partial charge on any atom is -0.480 e. The number of hydrogen-bond donors (Lipinski definition) is 3. The van der Waals surface area contributed by atoms with Crippen LogP contribution in [0.1, 0.15) is 19.4 Å². The molecule has 0 radical (unpaired) electrons. The highest BCUT2D eigenvalue weighted by atomic mass is 16.4. The maximum absolute atomic E-state index is 11.0. The summed E-state index contributed by atoms with van der Waals surface area (Å²) in [6.45, 7) is 3.98. The van der Waals surface area contributed by atoms with Gasteiger partial charge in [0.25, 0.3) is 0 Å². The number of aromatic amines is 1. The van der Waals surface area contributed by atoms with Crippen LogP contribution in [0.5, 0.6) is 0 Å². The maximum atomic E-state index is 11.0. The van der Waals surface area contributed by atoms with Gasteiger partial charge in [0, 0.05) is 23.6 Å². The first-order valence-corrected chi connectivity index (χ1v) is 6.04. The third-order valence-corrected chi connectivity index (χ3v) is 3.17. The smallest absolute Gasteiger partial charge is 0.323 e. The van der Waals surface area contributed by atoms with Gasteiger partial charge in [0.05, 0.1) is 0 Å². The molecule has 3 N–H and O–H groups in total. The van der Waals surface area contributed by atoms with E-state index in [1.807, 2.05) is 24.4 Å². The van der Waals surface area contributed by atoms with Crippen LogP contribution in [0.4, 0.5) is 0 Å². The fourth-order valence-electron chi connectivity index (χ4n) is 1.92. The summed E-state index contributed by atoms with van der Waals surface area (Å²) in [7, 11) is 0. The molecule has 4 nitrogen and oxygen atoms in total. The van der Waals surface area contributed by atoms with Crippen molar-refractivity contribution in [3.8, 4) is 0 Å². The molecule has 1 aromatic heterocycles. The first-order chi connectivity index (χ1) is 8.50. The molecule has 0 bridgehead atoms. The first kappa shape index (κ1) is 12.6. The van der Waals surface area contributed by atoms with Crippen molar-refractivity contribution >= 4 is 16.9 Å². The molecule has 2 aromatic rings. The molecule has 0 saturated heterocycles. The number of aromatic nitrogens is 1. The van der Waals surface area contributed by atoms with Crippen LogP contribution in [0.3, 0.4) is 0 Å². The minimum atomic E-state index is -0.883. The van der Waals surface area contributed by atoms with Gasteiger partial charge in [0.1, 0.15) is 5.54 Å².